The fourth-order valence-electron chi connectivity index (χ4n) is 2.14. The smallest absolute Gasteiger partial charge is 0.138 e. The zero-order valence-corrected chi connectivity index (χ0v) is 13.0. The van der Waals surface area contributed by atoms with Crippen LogP contribution >= 0.6 is 22.7 Å². The molecule has 0 spiro atoms. The van der Waals surface area contributed by atoms with Crippen LogP contribution in [0.15, 0.2) is 35.3 Å². The van der Waals surface area contributed by atoms with Gasteiger partial charge in [0.2, 0.25) is 0 Å². The topological polar surface area (TPSA) is 41.0 Å². The number of nitrogens with zero attached hydrogens (tertiary/aromatic N) is 3. The lowest BCUT2D eigenvalue weighted by Gasteiger charge is -2.23. The summed E-state index contributed by atoms with van der Waals surface area (Å²) < 4.78 is 0. The van der Waals surface area contributed by atoms with Crippen LogP contribution in [-0.2, 0) is 0 Å². The van der Waals surface area contributed by atoms with Gasteiger partial charge in [-0.25, -0.2) is 9.97 Å². The highest BCUT2D eigenvalue weighted by molar-refractivity contribution is 7.16. The molecule has 20 heavy (non-hydrogen) atoms. The molecule has 3 heterocycles. The highest BCUT2D eigenvalue weighted by Crippen LogP contribution is 2.26. The second-order valence-electron chi connectivity index (χ2n) is 4.74. The van der Waals surface area contributed by atoms with Gasteiger partial charge in [0.15, 0.2) is 0 Å². The van der Waals surface area contributed by atoms with Crippen LogP contribution in [0.3, 0.4) is 0 Å². The lowest BCUT2D eigenvalue weighted by molar-refractivity contribution is 0.316. The average Bonchev–Trinajstić information content (AvgIpc) is 3.09. The zero-order valence-electron chi connectivity index (χ0n) is 11.4. The van der Waals surface area contributed by atoms with Crippen LogP contribution in [0.4, 0.5) is 5.82 Å². The molecule has 6 heteroatoms. The van der Waals surface area contributed by atoms with E-state index < -0.39 is 0 Å². The molecule has 4 nitrogen and oxygen atoms in total. The molecule has 0 saturated carbocycles. The quantitative estimate of drug-likeness (QED) is 0.783. The summed E-state index contributed by atoms with van der Waals surface area (Å²) in [4.78, 5) is 13.2. The lowest BCUT2D eigenvalue weighted by atomic mass is 10.2. The average molecular weight is 304 g/mol. The SMILES string of the molecule is CN(C)[C@H](CNc1ncnc2sccc12)c1cccs1. The first-order valence-corrected chi connectivity index (χ1v) is 8.13. The molecule has 0 aliphatic heterocycles. The molecule has 0 aliphatic carbocycles. The maximum atomic E-state index is 4.36. The number of anilines is 1. The molecule has 1 atom stereocenters. The van der Waals surface area contributed by atoms with Gasteiger partial charge in [-0.05, 0) is 37.0 Å². The number of fused-ring (bicyclic) bond motifs is 1. The van der Waals surface area contributed by atoms with Crippen LogP contribution in [0.5, 0.6) is 0 Å². The van der Waals surface area contributed by atoms with Gasteiger partial charge in [-0.3, -0.25) is 0 Å². The maximum Gasteiger partial charge on any atom is 0.138 e. The Morgan fingerprint density at radius 2 is 2.10 bits per heavy atom. The molecule has 3 aromatic heterocycles. The van der Waals surface area contributed by atoms with E-state index in [9.17, 15) is 0 Å². The summed E-state index contributed by atoms with van der Waals surface area (Å²) in [5.74, 6) is 0.916. The van der Waals surface area contributed by atoms with Crippen LogP contribution < -0.4 is 5.32 Å². The molecule has 0 radical (unpaired) electrons. The van der Waals surface area contributed by atoms with Crippen molar-refractivity contribution in [2.75, 3.05) is 26.0 Å². The minimum Gasteiger partial charge on any atom is -0.367 e. The summed E-state index contributed by atoms with van der Waals surface area (Å²) in [6.07, 6.45) is 1.62. The van der Waals surface area contributed by atoms with Crippen molar-refractivity contribution in [2.24, 2.45) is 0 Å². The summed E-state index contributed by atoms with van der Waals surface area (Å²) >= 11 is 3.43. The summed E-state index contributed by atoms with van der Waals surface area (Å²) in [6, 6.07) is 6.69. The minimum absolute atomic E-state index is 0.346. The third-order valence-electron chi connectivity index (χ3n) is 3.22. The van der Waals surface area contributed by atoms with Crippen LogP contribution in [0, 0.1) is 0 Å². The fraction of sp³-hybridized carbons (Fsp3) is 0.286. The van der Waals surface area contributed by atoms with E-state index in [0.717, 1.165) is 22.6 Å². The molecule has 0 aliphatic rings. The van der Waals surface area contributed by atoms with Gasteiger partial charge in [0.05, 0.1) is 11.4 Å². The van der Waals surface area contributed by atoms with Crippen LogP contribution in [0.25, 0.3) is 10.2 Å². The van der Waals surface area contributed by atoms with Crippen LogP contribution in [0.1, 0.15) is 10.9 Å². The van der Waals surface area contributed by atoms with E-state index in [1.54, 1.807) is 29.0 Å². The largest absolute Gasteiger partial charge is 0.367 e. The summed E-state index contributed by atoms with van der Waals surface area (Å²) in [5, 5.41) is 8.73. The second kappa shape index (κ2) is 5.87. The summed E-state index contributed by atoms with van der Waals surface area (Å²) in [6.45, 7) is 0.829. The third kappa shape index (κ3) is 2.67. The second-order valence-corrected chi connectivity index (χ2v) is 6.61. The summed E-state index contributed by atoms with van der Waals surface area (Å²) in [5.41, 5.74) is 0. The zero-order chi connectivity index (χ0) is 13.9. The van der Waals surface area contributed by atoms with Crippen LogP contribution in [0.2, 0.25) is 0 Å². The first kappa shape index (κ1) is 13.5. The lowest BCUT2D eigenvalue weighted by Crippen LogP contribution is -2.26. The normalized spacial score (nSPS) is 12.9. The van der Waals surface area contributed by atoms with Gasteiger partial charge in [0.25, 0.3) is 0 Å². The highest BCUT2D eigenvalue weighted by Gasteiger charge is 2.15. The Labute approximate surface area is 126 Å². The van der Waals surface area contributed by atoms with Gasteiger partial charge < -0.3 is 10.2 Å². The molecular weight excluding hydrogens is 288 g/mol. The molecule has 0 saturated heterocycles. The molecule has 3 rings (SSSR count). The van der Waals surface area contributed by atoms with Crippen molar-refractivity contribution >= 4 is 38.7 Å². The van der Waals surface area contributed by atoms with Crippen molar-refractivity contribution in [3.63, 3.8) is 0 Å². The molecule has 0 fully saturated rings. The molecule has 0 bridgehead atoms. The number of hydrogen-bond donors (Lipinski definition) is 1. The number of hydrogen-bond acceptors (Lipinski definition) is 6. The predicted octanol–water partition coefficient (Wildman–Crippen LogP) is 3.47. The number of rotatable bonds is 5. The number of aromatic nitrogens is 2. The molecule has 1 N–H and O–H groups in total. The van der Waals surface area contributed by atoms with Gasteiger partial charge in [-0.1, -0.05) is 6.07 Å². The van der Waals surface area contributed by atoms with Crippen LogP contribution in [-0.4, -0.2) is 35.5 Å². The van der Waals surface area contributed by atoms with E-state index in [2.05, 4.69) is 57.9 Å². The van der Waals surface area contributed by atoms with E-state index in [1.165, 1.54) is 4.88 Å². The molecule has 3 aromatic rings. The van der Waals surface area contributed by atoms with Gasteiger partial charge in [-0.2, -0.15) is 0 Å². The van der Waals surface area contributed by atoms with Gasteiger partial charge in [0.1, 0.15) is 17.0 Å². The number of nitrogens with one attached hydrogen (secondary N) is 1. The van der Waals surface area contributed by atoms with Crippen molar-refractivity contribution in [3.05, 3.63) is 40.2 Å². The van der Waals surface area contributed by atoms with Crippen molar-refractivity contribution < 1.29 is 0 Å². The molecule has 104 valence electrons. The minimum atomic E-state index is 0.346. The first-order valence-electron chi connectivity index (χ1n) is 6.37. The predicted molar refractivity (Wildman–Crippen MR) is 86.7 cm³/mol. The Kier molecular flexibility index (Phi) is 3.95. The third-order valence-corrected chi connectivity index (χ3v) is 5.01. The summed E-state index contributed by atoms with van der Waals surface area (Å²) in [7, 11) is 4.21. The maximum absolute atomic E-state index is 4.36. The van der Waals surface area contributed by atoms with Crippen molar-refractivity contribution in [2.45, 2.75) is 6.04 Å². The van der Waals surface area contributed by atoms with E-state index in [-0.39, 0.29) is 0 Å². The Morgan fingerprint density at radius 1 is 1.20 bits per heavy atom. The van der Waals surface area contributed by atoms with E-state index >= 15 is 0 Å². The van der Waals surface area contributed by atoms with Crippen molar-refractivity contribution in [1.82, 2.24) is 14.9 Å². The highest BCUT2D eigenvalue weighted by atomic mass is 32.1. The van der Waals surface area contributed by atoms with Gasteiger partial charge >= 0.3 is 0 Å². The first-order chi connectivity index (χ1) is 9.75. The number of thiophene rings is 2. The number of likely N-dealkylation sites (N-methyl/N-ethyl adjacent to an activating group) is 1. The van der Waals surface area contributed by atoms with Gasteiger partial charge in [0, 0.05) is 11.4 Å². The van der Waals surface area contributed by atoms with E-state index in [4.69, 9.17) is 0 Å². The van der Waals surface area contributed by atoms with Crippen molar-refractivity contribution in [1.29, 1.82) is 0 Å². The molecule has 0 unspecified atom stereocenters. The Morgan fingerprint density at radius 3 is 2.85 bits per heavy atom. The standard InChI is InChI=1S/C14H16N4S2/c1-18(2)11(12-4-3-6-19-12)8-15-13-10-5-7-20-14(10)17-9-16-13/h3-7,9,11H,8H2,1-2H3,(H,15,16,17)/t11-/m1/s1. The fourth-order valence-corrected chi connectivity index (χ4v) is 3.80. The Balaban J connectivity index is 1.79. The van der Waals surface area contributed by atoms with Gasteiger partial charge in [-0.15, -0.1) is 22.7 Å². The van der Waals surface area contributed by atoms with Crippen molar-refractivity contribution in [3.8, 4) is 0 Å². The monoisotopic (exact) mass is 304 g/mol. The van der Waals surface area contributed by atoms with E-state index in [0.29, 0.717) is 6.04 Å². The molecular formula is C14H16N4S2. The molecule has 0 amide bonds. The molecule has 0 aromatic carbocycles. The Bertz CT molecular complexity index is 675. The van der Waals surface area contributed by atoms with E-state index in [1.807, 2.05) is 5.38 Å². The Hall–Kier alpha value is -1.50.